The van der Waals surface area contributed by atoms with Crippen LogP contribution in [0.3, 0.4) is 0 Å². The third-order valence-electron chi connectivity index (χ3n) is 5.27. The fourth-order valence-corrected chi connectivity index (χ4v) is 4.64. The molecule has 134 valence electrons. The van der Waals surface area contributed by atoms with Gasteiger partial charge in [0.2, 0.25) is 0 Å². The van der Waals surface area contributed by atoms with Gasteiger partial charge in [0.15, 0.2) is 4.96 Å². The Kier molecular flexibility index (Phi) is 3.65. The maximum Gasteiger partial charge on any atom is 0.274 e. The number of aromatic nitrogens is 3. The molecule has 5 heteroatoms. The average Bonchev–Trinajstić information content (AvgIpc) is 3.33. The van der Waals surface area contributed by atoms with Crippen LogP contribution in [-0.2, 0) is 0 Å². The third-order valence-corrected chi connectivity index (χ3v) is 6.24. The molecule has 2 aromatic carbocycles. The number of hydrogen-bond donors (Lipinski definition) is 0. The lowest BCUT2D eigenvalue weighted by molar-refractivity contribution is 0.548. The lowest BCUT2D eigenvalue weighted by Gasteiger charge is -2.12. The van der Waals surface area contributed by atoms with Gasteiger partial charge in [-0.3, -0.25) is 4.79 Å². The summed E-state index contributed by atoms with van der Waals surface area (Å²) in [6, 6.07) is 16.6. The van der Waals surface area contributed by atoms with Crippen molar-refractivity contribution in [3.05, 3.63) is 75.2 Å². The van der Waals surface area contributed by atoms with E-state index in [0.717, 1.165) is 32.5 Å². The van der Waals surface area contributed by atoms with Crippen LogP contribution < -0.4 is 10.1 Å². The molecule has 5 rings (SSSR count). The van der Waals surface area contributed by atoms with Crippen molar-refractivity contribution in [3.8, 4) is 0 Å². The first-order chi connectivity index (χ1) is 13.2. The van der Waals surface area contributed by atoms with Crippen molar-refractivity contribution in [3.63, 3.8) is 0 Å². The molecule has 27 heavy (non-hydrogen) atoms. The number of imidazole rings is 1. The smallest absolute Gasteiger partial charge is 0.274 e. The Morgan fingerprint density at radius 2 is 1.85 bits per heavy atom. The van der Waals surface area contributed by atoms with E-state index in [1.807, 2.05) is 36.4 Å². The minimum absolute atomic E-state index is 0.00377. The van der Waals surface area contributed by atoms with Crippen LogP contribution in [0.4, 0.5) is 0 Å². The second-order valence-corrected chi connectivity index (χ2v) is 7.91. The third kappa shape index (κ3) is 2.42. The van der Waals surface area contributed by atoms with Gasteiger partial charge in [-0.15, -0.1) is 0 Å². The maximum atomic E-state index is 13.0. The molecule has 1 atom stereocenters. The van der Waals surface area contributed by atoms with E-state index in [2.05, 4.69) is 47.8 Å². The van der Waals surface area contributed by atoms with Crippen LogP contribution >= 0.6 is 11.3 Å². The van der Waals surface area contributed by atoms with Crippen LogP contribution in [-0.4, -0.2) is 14.0 Å². The molecule has 0 bridgehead atoms. The van der Waals surface area contributed by atoms with E-state index in [1.165, 1.54) is 22.2 Å². The summed E-state index contributed by atoms with van der Waals surface area (Å²) in [5.41, 5.74) is 4.02. The number of fused-ring (bicyclic) bond motifs is 4. The van der Waals surface area contributed by atoms with Gasteiger partial charge in [-0.2, -0.15) is 0 Å². The maximum absolute atomic E-state index is 13.0. The van der Waals surface area contributed by atoms with Crippen LogP contribution in [0.15, 0.2) is 59.5 Å². The van der Waals surface area contributed by atoms with Crippen molar-refractivity contribution in [2.75, 3.05) is 0 Å². The SMILES string of the molecule is CC[C@@H](C)n1cc(/C=c2\sc3nc4ccccc4n3c2=O)c2ccccc21. The van der Waals surface area contributed by atoms with Crippen molar-refractivity contribution >= 4 is 44.3 Å². The summed E-state index contributed by atoms with van der Waals surface area (Å²) in [5.74, 6) is 0. The molecule has 0 spiro atoms. The van der Waals surface area contributed by atoms with E-state index < -0.39 is 0 Å². The number of rotatable bonds is 3. The zero-order chi connectivity index (χ0) is 18.5. The summed E-state index contributed by atoms with van der Waals surface area (Å²) in [5, 5.41) is 1.17. The first-order valence-corrected chi connectivity index (χ1v) is 10.0. The van der Waals surface area contributed by atoms with E-state index in [4.69, 9.17) is 0 Å². The van der Waals surface area contributed by atoms with Gasteiger partial charge >= 0.3 is 0 Å². The summed E-state index contributed by atoms with van der Waals surface area (Å²) in [6.07, 6.45) is 5.24. The zero-order valence-electron chi connectivity index (χ0n) is 15.2. The normalized spacial score (nSPS) is 13.9. The van der Waals surface area contributed by atoms with Gasteiger partial charge in [0.25, 0.3) is 5.56 Å². The number of hydrogen-bond acceptors (Lipinski definition) is 3. The van der Waals surface area contributed by atoms with E-state index in [-0.39, 0.29) is 5.56 Å². The number of benzene rings is 2. The first-order valence-electron chi connectivity index (χ1n) is 9.18. The highest BCUT2D eigenvalue weighted by atomic mass is 32.1. The molecular weight excluding hydrogens is 354 g/mol. The van der Waals surface area contributed by atoms with Gasteiger partial charge in [-0.05, 0) is 37.6 Å². The Balaban J connectivity index is 1.78. The Morgan fingerprint density at radius 1 is 1.11 bits per heavy atom. The Bertz CT molecular complexity index is 1410. The van der Waals surface area contributed by atoms with Gasteiger partial charge in [0.1, 0.15) is 0 Å². The minimum atomic E-state index is 0.00377. The largest absolute Gasteiger partial charge is 0.344 e. The molecule has 0 unspecified atom stereocenters. The first kappa shape index (κ1) is 16.3. The molecule has 4 nitrogen and oxygen atoms in total. The summed E-state index contributed by atoms with van der Waals surface area (Å²) < 4.78 is 4.75. The zero-order valence-corrected chi connectivity index (χ0v) is 16.0. The summed E-state index contributed by atoms with van der Waals surface area (Å²) in [7, 11) is 0. The quantitative estimate of drug-likeness (QED) is 0.471. The summed E-state index contributed by atoms with van der Waals surface area (Å²) in [6.45, 7) is 4.42. The lowest BCUT2D eigenvalue weighted by Crippen LogP contribution is -2.22. The molecule has 3 heterocycles. The highest BCUT2D eigenvalue weighted by Crippen LogP contribution is 2.26. The van der Waals surface area contributed by atoms with Crippen LogP contribution in [0.1, 0.15) is 31.9 Å². The molecule has 5 aromatic rings. The van der Waals surface area contributed by atoms with Crippen molar-refractivity contribution in [2.24, 2.45) is 0 Å². The standard InChI is InChI=1S/C22H19N3OS/c1-3-14(2)24-13-15(16-8-4-6-10-18(16)24)12-20-21(26)25-19-11-7-5-9-17(19)23-22(25)27-20/h4-14H,3H2,1-2H3/b20-12-/t14-/m1/s1. The molecule has 3 aromatic heterocycles. The second-order valence-electron chi connectivity index (χ2n) is 6.90. The Morgan fingerprint density at radius 3 is 2.67 bits per heavy atom. The second kappa shape index (κ2) is 6.06. The number of nitrogens with zero attached hydrogens (tertiary/aromatic N) is 3. The minimum Gasteiger partial charge on any atom is -0.344 e. The summed E-state index contributed by atoms with van der Waals surface area (Å²) in [4.78, 5) is 18.4. The van der Waals surface area contributed by atoms with Crippen molar-refractivity contribution in [2.45, 2.75) is 26.3 Å². The van der Waals surface area contributed by atoms with Crippen LogP contribution in [0.2, 0.25) is 0 Å². The van der Waals surface area contributed by atoms with Crippen LogP contribution in [0.25, 0.3) is 33.0 Å². The van der Waals surface area contributed by atoms with E-state index >= 15 is 0 Å². The predicted molar refractivity (Wildman–Crippen MR) is 113 cm³/mol. The fourth-order valence-electron chi connectivity index (χ4n) is 3.66. The molecule has 0 saturated heterocycles. The molecule has 0 aliphatic carbocycles. The van der Waals surface area contributed by atoms with Crippen molar-refractivity contribution < 1.29 is 0 Å². The molecule has 0 aliphatic heterocycles. The van der Waals surface area contributed by atoms with Gasteiger partial charge in [-0.25, -0.2) is 9.38 Å². The lowest BCUT2D eigenvalue weighted by atomic mass is 10.2. The van der Waals surface area contributed by atoms with Gasteiger partial charge < -0.3 is 4.57 Å². The molecule has 0 fully saturated rings. The van der Waals surface area contributed by atoms with Crippen molar-refractivity contribution in [1.82, 2.24) is 14.0 Å². The summed E-state index contributed by atoms with van der Waals surface area (Å²) >= 11 is 1.45. The number of thiazole rings is 1. The van der Waals surface area contributed by atoms with E-state index in [1.54, 1.807) is 4.40 Å². The van der Waals surface area contributed by atoms with Crippen LogP contribution in [0, 0.1) is 0 Å². The van der Waals surface area contributed by atoms with E-state index in [0.29, 0.717) is 6.04 Å². The Hall–Kier alpha value is -2.92. The topological polar surface area (TPSA) is 39.3 Å². The van der Waals surface area contributed by atoms with Gasteiger partial charge in [0.05, 0.1) is 15.6 Å². The van der Waals surface area contributed by atoms with Crippen molar-refractivity contribution in [1.29, 1.82) is 0 Å². The van der Waals surface area contributed by atoms with Crippen LogP contribution in [0.5, 0.6) is 0 Å². The van der Waals surface area contributed by atoms with E-state index in [9.17, 15) is 4.79 Å². The monoisotopic (exact) mass is 373 g/mol. The Labute approximate surface area is 160 Å². The fraction of sp³-hybridized carbons (Fsp3) is 0.182. The molecule has 0 saturated carbocycles. The molecule has 0 N–H and O–H groups in total. The highest BCUT2D eigenvalue weighted by molar-refractivity contribution is 7.15. The highest BCUT2D eigenvalue weighted by Gasteiger charge is 2.13. The molecule has 0 amide bonds. The van der Waals surface area contributed by atoms with Gasteiger partial charge in [0, 0.05) is 28.7 Å². The molecule has 0 aliphatic rings. The molecule has 0 radical (unpaired) electrons. The number of para-hydroxylation sites is 3. The molecular formula is C22H19N3OS. The predicted octanol–water partition coefficient (Wildman–Crippen LogP) is 4.38. The average molecular weight is 373 g/mol. The van der Waals surface area contributed by atoms with Gasteiger partial charge in [-0.1, -0.05) is 48.6 Å².